The molecule has 11 heteroatoms. The molecule has 0 aliphatic heterocycles. The minimum absolute atomic E-state index is 0.0693. The Morgan fingerprint density at radius 1 is 1.04 bits per heavy atom. The monoisotopic (exact) mass is 691 g/mol. The van der Waals surface area contributed by atoms with Crippen molar-refractivity contribution in [1.29, 1.82) is 0 Å². The summed E-state index contributed by atoms with van der Waals surface area (Å²) in [5, 5.41) is 29.4. The molecule has 1 unspecified atom stereocenters. The van der Waals surface area contributed by atoms with Crippen molar-refractivity contribution in [2.75, 3.05) is 33.7 Å². The summed E-state index contributed by atoms with van der Waals surface area (Å²) in [4.78, 5) is 49.9. The Labute approximate surface area is 296 Å². The van der Waals surface area contributed by atoms with Gasteiger partial charge in [0.05, 0.1) is 35.2 Å². The second-order valence-electron chi connectivity index (χ2n) is 13.2. The molecule has 1 aromatic heterocycles. The molecule has 10 nitrogen and oxygen atoms in total. The number of thiazole rings is 1. The van der Waals surface area contributed by atoms with E-state index in [1.807, 2.05) is 44.3 Å². The SMILES string of the molecule is C#CC[C@H](O)[C@H](O)[C@H](CC1CCCCC1)NC(=O)[C@@H](NC(=O)[C@@H](CC(=O)N(C)CCN(C)CC)Cc1ccccc1)C(C#C)c1cscn1. The minimum Gasteiger partial charge on any atom is -0.389 e. The molecule has 2 aromatic rings. The first-order valence-corrected chi connectivity index (χ1v) is 18.2. The molecule has 3 amide bonds. The summed E-state index contributed by atoms with van der Waals surface area (Å²) in [6.45, 7) is 4.09. The number of aromatic nitrogens is 1. The predicted octanol–water partition coefficient (Wildman–Crippen LogP) is 3.20. The van der Waals surface area contributed by atoms with Gasteiger partial charge in [-0.15, -0.1) is 30.1 Å². The molecular weight excluding hydrogens is 639 g/mol. The van der Waals surface area contributed by atoms with E-state index in [0.29, 0.717) is 25.2 Å². The Balaban J connectivity index is 1.91. The Morgan fingerprint density at radius 3 is 2.37 bits per heavy atom. The molecule has 1 saturated carbocycles. The van der Waals surface area contributed by atoms with Crippen LogP contribution in [0.5, 0.6) is 0 Å². The summed E-state index contributed by atoms with van der Waals surface area (Å²) < 4.78 is 0. The normalized spacial score (nSPS) is 17.1. The Morgan fingerprint density at radius 2 is 1.76 bits per heavy atom. The molecular formula is C38H53N5O5S. The van der Waals surface area contributed by atoms with Crippen LogP contribution in [0.25, 0.3) is 0 Å². The standard InChI is InChI=1S/C38H53N5O5S/c1-6-15-33(44)36(46)31(23-28-18-13-10-14-19-28)40-38(48)35(30(7-2)32-25-49-26-39-32)41-37(47)29(22-27-16-11-9-12-17-27)24-34(45)43(5)21-20-42(4)8-3/h1-2,9,11-12,16-17,25-26,28-31,33,35-36,44,46H,8,10,13-15,18-24H2,3-5H3,(H,40,48)(H,41,47)/t29-,30?,31+,33+,35+,36-/m1/s1. The third-order valence-corrected chi connectivity index (χ3v) is 10.1. The van der Waals surface area contributed by atoms with Crippen LogP contribution in [-0.4, -0.2) is 101 Å². The number of carbonyl (C=O) groups excluding carboxylic acids is 3. The van der Waals surface area contributed by atoms with E-state index in [1.165, 1.54) is 11.3 Å². The van der Waals surface area contributed by atoms with Gasteiger partial charge in [-0.05, 0) is 37.9 Å². The zero-order valence-corrected chi connectivity index (χ0v) is 29.9. The van der Waals surface area contributed by atoms with Crippen molar-refractivity contribution in [2.45, 2.75) is 94.9 Å². The van der Waals surface area contributed by atoms with E-state index in [9.17, 15) is 24.6 Å². The number of nitrogens with one attached hydrogen (secondary N) is 2. The van der Waals surface area contributed by atoms with Crippen LogP contribution in [0, 0.1) is 36.5 Å². The maximum atomic E-state index is 14.2. The van der Waals surface area contributed by atoms with Crippen molar-refractivity contribution in [1.82, 2.24) is 25.4 Å². The zero-order chi connectivity index (χ0) is 35.8. The van der Waals surface area contributed by atoms with Crippen LogP contribution in [0.1, 0.15) is 75.5 Å². The van der Waals surface area contributed by atoms with Crippen LogP contribution < -0.4 is 10.6 Å². The van der Waals surface area contributed by atoms with E-state index >= 15 is 0 Å². The maximum Gasteiger partial charge on any atom is 0.244 e. The first-order chi connectivity index (χ1) is 23.6. The van der Waals surface area contributed by atoms with Crippen molar-refractivity contribution < 1.29 is 24.6 Å². The van der Waals surface area contributed by atoms with Gasteiger partial charge in [-0.1, -0.05) is 75.3 Å². The second-order valence-corrected chi connectivity index (χ2v) is 13.9. The zero-order valence-electron chi connectivity index (χ0n) is 29.1. The first-order valence-electron chi connectivity index (χ1n) is 17.3. The number of aliphatic hydroxyl groups excluding tert-OH is 2. The molecule has 6 atom stereocenters. The number of hydrogen-bond acceptors (Lipinski definition) is 8. The lowest BCUT2D eigenvalue weighted by Gasteiger charge is -2.34. The minimum atomic E-state index is -1.33. The number of benzene rings is 1. The molecule has 1 aliphatic rings. The summed E-state index contributed by atoms with van der Waals surface area (Å²) in [6.07, 6.45) is 14.6. The lowest BCUT2D eigenvalue weighted by Crippen LogP contribution is -2.57. The fraction of sp³-hybridized carbons (Fsp3) is 0.579. The van der Waals surface area contributed by atoms with E-state index in [1.54, 1.807) is 22.8 Å². The van der Waals surface area contributed by atoms with Gasteiger partial charge in [0.1, 0.15) is 12.1 Å². The molecule has 1 fully saturated rings. The predicted molar refractivity (Wildman–Crippen MR) is 193 cm³/mol. The molecule has 1 aliphatic carbocycles. The van der Waals surface area contributed by atoms with Gasteiger partial charge < -0.3 is 30.6 Å². The first kappa shape index (κ1) is 39.7. The highest BCUT2D eigenvalue weighted by Gasteiger charge is 2.37. The average Bonchev–Trinajstić information content (AvgIpc) is 3.65. The summed E-state index contributed by atoms with van der Waals surface area (Å²) in [5.41, 5.74) is 2.92. The van der Waals surface area contributed by atoms with Crippen molar-refractivity contribution >= 4 is 29.1 Å². The van der Waals surface area contributed by atoms with Gasteiger partial charge in [-0.25, -0.2) is 4.98 Å². The Bertz CT molecular complexity index is 1390. The number of terminal acetylenes is 2. The summed E-state index contributed by atoms with van der Waals surface area (Å²) in [5.74, 6) is 2.25. The van der Waals surface area contributed by atoms with Crippen molar-refractivity contribution in [3.8, 4) is 24.7 Å². The highest BCUT2D eigenvalue weighted by Crippen LogP contribution is 2.29. The van der Waals surface area contributed by atoms with Crippen LogP contribution >= 0.6 is 11.3 Å². The molecule has 1 aromatic carbocycles. The smallest absolute Gasteiger partial charge is 0.244 e. The number of likely N-dealkylation sites (N-methyl/N-ethyl adjacent to an activating group) is 2. The molecule has 1 heterocycles. The molecule has 0 spiro atoms. The summed E-state index contributed by atoms with van der Waals surface area (Å²) >= 11 is 1.31. The number of aliphatic hydroxyl groups is 2. The van der Waals surface area contributed by atoms with Gasteiger partial charge >= 0.3 is 0 Å². The van der Waals surface area contributed by atoms with Gasteiger partial charge in [0, 0.05) is 38.4 Å². The average molecular weight is 692 g/mol. The lowest BCUT2D eigenvalue weighted by molar-refractivity contribution is -0.137. The van der Waals surface area contributed by atoms with Crippen LogP contribution in [0.15, 0.2) is 41.2 Å². The van der Waals surface area contributed by atoms with Crippen molar-refractivity contribution in [2.24, 2.45) is 11.8 Å². The highest BCUT2D eigenvalue weighted by atomic mass is 32.1. The third kappa shape index (κ3) is 12.6. The number of amides is 3. The van der Waals surface area contributed by atoms with Gasteiger partial charge in [0.25, 0.3) is 0 Å². The van der Waals surface area contributed by atoms with E-state index in [2.05, 4.69) is 32.4 Å². The topological polar surface area (TPSA) is 135 Å². The van der Waals surface area contributed by atoms with Gasteiger partial charge in [-0.3, -0.25) is 14.4 Å². The fourth-order valence-corrected chi connectivity index (χ4v) is 6.86. The van der Waals surface area contributed by atoms with Crippen LogP contribution in [0.4, 0.5) is 0 Å². The molecule has 0 bridgehead atoms. The number of nitrogens with zero attached hydrogens (tertiary/aromatic N) is 3. The van der Waals surface area contributed by atoms with E-state index in [0.717, 1.165) is 44.2 Å². The Hall–Kier alpha value is -3.74. The maximum absolute atomic E-state index is 14.2. The molecule has 3 rings (SSSR count). The summed E-state index contributed by atoms with van der Waals surface area (Å²) in [7, 11) is 3.70. The molecule has 0 saturated heterocycles. The van der Waals surface area contributed by atoms with Crippen LogP contribution in [0.2, 0.25) is 0 Å². The quantitative estimate of drug-likeness (QED) is 0.166. The van der Waals surface area contributed by atoms with Gasteiger partial charge in [0.15, 0.2) is 0 Å². The molecule has 4 N–H and O–H groups in total. The molecule has 49 heavy (non-hydrogen) atoms. The van der Waals surface area contributed by atoms with Gasteiger partial charge in [0.2, 0.25) is 17.7 Å². The van der Waals surface area contributed by atoms with Crippen molar-refractivity contribution in [3.63, 3.8) is 0 Å². The van der Waals surface area contributed by atoms with Gasteiger partial charge in [-0.2, -0.15) is 0 Å². The van der Waals surface area contributed by atoms with Crippen molar-refractivity contribution in [3.05, 3.63) is 52.5 Å². The van der Waals surface area contributed by atoms with Crippen LogP contribution in [0.3, 0.4) is 0 Å². The fourth-order valence-electron chi connectivity index (χ4n) is 6.27. The third-order valence-electron chi connectivity index (χ3n) is 9.54. The largest absolute Gasteiger partial charge is 0.389 e. The highest BCUT2D eigenvalue weighted by molar-refractivity contribution is 7.07. The van der Waals surface area contributed by atoms with Crippen LogP contribution in [-0.2, 0) is 20.8 Å². The lowest BCUT2D eigenvalue weighted by atomic mass is 9.82. The second kappa shape index (κ2) is 20.7. The number of carbonyl (C=O) groups is 3. The van der Waals surface area contributed by atoms with E-state index in [-0.39, 0.29) is 31.1 Å². The van der Waals surface area contributed by atoms with E-state index in [4.69, 9.17) is 12.8 Å². The number of hydrogen-bond donors (Lipinski definition) is 4. The summed E-state index contributed by atoms with van der Waals surface area (Å²) in [6, 6.07) is 7.32. The Kier molecular flexibility index (Phi) is 16.8. The van der Waals surface area contributed by atoms with E-state index < -0.39 is 47.9 Å². The molecule has 266 valence electrons. The molecule has 0 radical (unpaired) electrons. The number of rotatable bonds is 19.